The van der Waals surface area contributed by atoms with Gasteiger partial charge in [0.25, 0.3) is 0 Å². The van der Waals surface area contributed by atoms with Gasteiger partial charge in [-0.05, 0) is 48.3 Å². The van der Waals surface area contributed by atoms with E-state index in [1.54, 1.807) is 15.9 Å². The molecule has 0 bridgehead atoms. The van der Waals surface area contributed by atoms with Crippen molar-refractivity contribution in [2.24, 2.45) is 0 Å². The van der Waals surface area contributed by atoms with Crippen LogP contribution in [0.15, 0.2) is 41.8 Å². The highest BCUT2D eigenvalue weighted by atomic mass is 32.1. The quantitative estimate of drug-likeness (QED) is 0.551. The first-order chi connectivity index (χ1) is 14.6. The van der Waals surface area contributed by atoms with Gasteiger partial charge in [-0.3, -0.25) is 19.4 Å². The number of hydrogen-bond acceptors (Lipinski definition) is 6. The first-order valence-electron chi connectivity index (χ1n) is 10.1. The highest BCUT2D eigenvalue weighted by Crippen LogP contribution is 2.22. The molecule has 9 heteroatoms. The molecule has 1 aliphatic rings. The molecule has 30 heavy (non-hydrogen) atoms. The van der Waals surface area contributed by atoms with E-state index in [2.05, 4.69) is 56.5 Å². The molecule has 0 radical (unpaired) electrons. The fourth-order valence-electron chi connectivity index (χ4n) is 3.67. The van der Waals surface area contributed by atoms with Gasteiger partial charge in [-0.1, -0.05) is 18.2 Å². The van der Waals surface area contributed by atoms with Crippen LogP contribution in [0.4, 0.5) is 5.69 Å². The zero-order chi connectivity index (χ0) is 20.9. The van der Waals surface area contributed by atoms with Crippen LogP contribution in [0, 0.1) is 11.7 Å². The molecule has 1 aliphatic heterocycles. The predicted octanol–water partition coefficient (Wildman–Crippen LogP) is 2.92. The Hall–Kier alpha value is -2.49. The number of hydrogen-bond donors (Lipinski definition) is 2. The molecule has 158 valence electrons. The number of aryl methyl sites for hydroxylation is 1. The molecule has 0 saturated carbocycles. The molecule has 0 atom stereocenters. The van der Waals surface area contributed by atoms with Crippen molar-refractivity contribution in [1.82, 2.24) is 25.0 Å². The highest BCUT2D eigenvalue weighted by Gasteiger charge is 2.17. The van der Waals surface area contributed by atoms with Crippen molar-refractivity contribution < 1.29 is 4.79 Å². The summed E-state index contributed by atoms with van der Waals surface area (Å²) in [5.41, 5.74) is 2.58. The molecule has 3 heterocycles. The van der Waals surface area contributed by atoms with Gasteiger partial charge in [0, 0.05) is 45.0 Å². The van der Waals surface area contributed by atoms with Gasteiger partial charge in [-0.25, -0.2) is 0 Å². The summed E-state index contributed by atoms with van der Waals surface area (Å²) in [6, 6.07) is 12.6. The number of aromatic amines is 1. The number of rotatable bonds is 7. The molecule has 1 amide bonds. The number of H-pyrrole nitrogens is 1. The summed E-state index contributed by atoms with van der Waals surface area (Å²) in [5.74, 6) is 0.654. The molecule has 7 nitrogen and oxygen atoms in total. The molecular formula is C21H26N6OS2. The number of carbonyl (C=O) groups excluding carboxylic acids is 1. The number of anilines is 1. The van der Waals surface area contributed by atoms with E-state index in [1.165, 1.54) is 11.3 Å². The van der Waals surface area contributed by atoms with Gasteiger partial charge in [0.2, 0.25) is 5.91 Å². The van der Waals surface area contributed by atoms with E-state index in [1.807, 2.05) is 17.5 Å². The summed E-state index contributed by atoms with van der Waals surface area (Å²) in [6.07, 6.45) is 0. The van der Waals surface area contributed by atoms with Crippen LogP contribution in [0.2, 0.25) is 0 Å². The third-order valence-electron chi connectivity index (χ3n) is 5.29. The van der Waals surface area contributed by atoms with Crippen LogP contribution >= 0.6 is 23.6 Å². The van der Waals surface area contributed by atoms with Gasteiger partial charge in [-0.15, -0.1) is 11.3 Å². The van der Waals surface area contributed by atoms with Crippen molar-refractivity contribution in [2.75, 3.05) is 44.2 Å². The normalized spacial score (nSPS) is 14.8. The lowest BCUT2D eigenvalue weighted by molar-refractivity contribution is -0.121. The van der Waals surface area contributed by atoms with Crippen LogP contribution < -0.4 is 10.2 Å². The van der Waals surface area contributed by atoms with E-state index in [0.29, 0.717) is 17.1 Å². The minimum atomic E-state index is -0.0521. The number of nitrogens with one attached hydrogen (secondary N) is 2. The molecule has 0 spiro atoms. The maximum absolute atomic E-state index is 12.5. The van der Waals surface area contributed by atoms with Gasteiger partial charge in [0.05, 0.1) is 4.88 Å². The predicted molar refractivity (Wildman–Crippen MR) is 124 cm³/mol. The van der Waals surface area contributed by atoms with Crippen LogP contribution in [0.25, 0.3) is 10.7 Å². The average Bonchev–Trinajstić information content (AvgIpc) is 3.39. The molecule has 3 aromatic rings. The van der Waals surface area contributed by atoms with E-state index in [9.17, 15) is 4.79 Å². The van der Waals surface area contributed by atoms with Gasteiger partial charge < -0.3 is 10.2 Å². The number of carbonyl (C=O) groups is 1. The number of aromatic nitrogens is 3. The first kappa shape index (κ1) is 20.8. The minimum absolute atomic E-state index is 0.0521. The number of nitrogens with zero attached hydrogens (tertiary/aromatic N) is 4. The van der Waals surface area contributed by atoms with Crippen LogP contribution in [-0.4, -0.2) is 64.8 Å². The summed E-state index contributed by atoms with van der Waals surface area (Å²) < 4.78 is 2.21. The van der Waals surface area contributed by atoms with Gasteiger partial charge >= 0.3 is 0 Å². The fraction of sp³-hybridized carbons (Fsp3) is 0.381. The summed E-state index contributed by atoms with van der Waals surface area (Å²) in [6.45, 7) is 7.78. The highest BCUT2D eigenvalue weighted by molar-refractivity contribution is 7.71. The van der Waals surface area contributed by atoms with Crippen molar-refractivity contribution >= 4 is 35.1 Å². The molecule has 1 fully saturated rings. The summed E-state index contributed by atoms with van der Waals surface area (Å²) in [4.78, 5) is 18.3. The SMILES string of the molecule is Cc1cccc(N2CCN(CCNC(=O)Cn3c(-c4cccs4)n[nH]c3=S)CC2)c1. The van der Waals surface area contributed by atoms with E-state index in [4.69, 9.17) is 12.2 Å². The Morgan fingerprint density at radius 2 is 2.07 bits per heavy atom. The molecule has 1 saturated heterocycles. The molecule has 0 aliphatic carbocycles. The van der Waals surface area contributed by atoms with Crippen molar-refractivity contribution in [3.63, 3.8) is 0 Å². The van der Waals surface area contributed by atoms with Gasteiger partial charge in [0.15, 0.2) is 10.6 Å². The Balaban J connectivity index is 1.23. The first-order valence-corrected chi connectivity index (χ1v) is 11.4. The number of piperazine rings is 1. The fourth-order valence-corrected chi connectivity index (χ4v) is 4.58. The second-order valence-corrected chi connectivity index (χ2v) is 8.77. The third kappa shape index (κ3) is 4.97. The van der Waals surface area contributed by atoms with Crippen molar-refractivity contribution in [3.8, 4) is 10.7 Å². The van der Waals surface area contributed by atoms with E-state index < -0.39 is 0 Å². The van der Waals surface area contributed by atoms with Crippen LogP contribution in [0.1, 0.15) is 5.56 Å². The molecule has 4 rings (SSSR count). The Labute approximate surface area is 185 Å². The summed E-state index contributed by atoms with van der Waals surface area (Å²) in [5, 5.41) is 12.1. The molecule has 2 N–H and O–H groups in total. The van der Waals surface area contributed by atoms with Crippen LogP contribution in [-0.2, 0) is 11.3 Å². The Kier molecular flexibility index (Phi) is 6.61. The lowest BCUT2D eigenvalue weighted by atomic mass is 10.2. The Morgan fingerprint density at radius 3 is 2.80 bits per heavy atom. The number of thiophene rings is 1. The maximum atomic E-state index is 12.5. The van der Waals surface area contributed by atoms with E-state index in [-0.39, 0.29) is 12.5 Å². The maximum Gasteiger partial charge on any atom is 0.240 e. The lowest BCUT2D eigenvalue weighted by Gasteiger charge is -2.36. The monoisotopic (exact) mass is 442 g/mol. The topological polar surface area (TPSA) is 69.2 Å². The smallest absolute Gasteiger partial charge is 0.240 e. The lowest BCUT2D eigenvalue weighted by Crippen LogP contribution is -2.48. The van der Waals surface area contributed by atoms with E-state index >= 15 is 0 Å². The standard InChI is InChI=1S/C21H26N6OS2/c1-16-4-2-5-17(14-16)26-11-9-25(10-12-26)8-7-22-19(28)15-27-20(23-24-21(27)29)18-6-3-13-30-18/h2-6,13-14H,7-12,15H2,1H3,(H,22,28)(H,24,29). The van der Waals surface area contributed by atoms with Crippen LogP contribution in [0.5, 0.6) is 0 Å². The second-order valence-electron chi connectivity index (χ2n) is 7.43. The number of benzene rings is 1. The molecule has 2 aromatic heterocycles. The molecule has 0 unspecified atom stereocenters. The second kappa shape index (κ2) is 9.55. The van der Waals surface area contributed by atoms with Crippen LogP contribution in [0.3, 0.4) is 0 Å². The zero-order valence-electron chi connectivity index (χ0n) is 17.0. The Bertz CT molecular complexity index is 1030. The number of amides is 1. The third-order valence-corrected chi connectivity index (χ3v) is 6.47. The minimum Gasteiger partial charge on any atom is -0.369 e. The van der Waals surface area contributed by atoms with Crippen molar-refractivity contribution in [3.05, 3.63) is 52.1 Å². The van der Waals surface area contributed by atoms with Gasteiger partial charge in [0.1, 0.15) is 6.54 Å². The summed E-state index contributed by atoms with van der Waals surface area (Å²) in [7, 11) is 0. The average molecular weight is 443 g/mol. The summed E-state index contributed by atoms with van der Waals surface area (Å²) >= 11 is 6.87. The van der Waals surface area contributed by atoms with Gasteiger partial charge in [-0.2, -0.15) is 5.10 Å². The molecular weight excluding hydrogens is 416 g/mol. The van der Waals surface area contributed by atoms with Crippen molar-refractivity contribution in [1.29, 1.82) is 0 Å². The van der Waals surface area contributed by atoms with E-state index in [0.717, 1.165) is 37.6 Å². The Morgan fingerprint density at radius 1 is 1.23 bits per heavy atom. The zero-order valence-corrected chi connectivity index (χ0v) is 18.6. The largest absolute Gasteiger partial charge is 0.369 e. The van der Waals surface area contributed by atoms with Crippen molar-refractivity contribution in [2.45, 2.75) is 13.5 Å². The molecule has 1 aromatic carbocycles.